The summed E-state index contributed by atoms with van der Waals surface area (Å²) in [6.07, 6.45) is -0.893. The van der Waals surface area contributed by atoms with Gasteiger partial charge >= 0.3 is 15.6 Å². The third-order valence-corrected chi connectivity index (χ3v) is 7.28. The van der Waals surface area contributed by atoms with Crippen molar-refractivity contribution >= 4 is 32.7 Å². The Balaban J connectivity index is 2.32. The number of benzene rings is 1. The summed E-state index contributed by atoms with van der Waals surface area (Å²) < 4.78 is 94.3. The molecule has 0 fully saturated rings. The van der Waals surface area contributed by atoms with Gasteiger partial charge in [-0.25, -0.2) is 0 Å². The van der Waals surface area contributed by atoms with Crippen LogP contribution in [0.2, 0.25) is 0 Å². The van der Waals surface area contributed by atoms with Crippen LogP contribution in [-0.4, -0.2) is 49.5 Å². The van der Waals surface area contributed by atoms with Crippen molar-refractivity contribution in [1.82, 2.24) is 0 Å². The minimum Gasteiger partial charge on any atom is -0.375 e. The zero-order chi connectivity index (χ0) is 22.0. The smallest absolute Gasteiger partial charge is 0.375 e. The minimum absolute atomic E-state index is 0.0392. The van der Waals surface area contributed by atoms with Gasteiger partial charge in [-0.15, -0.1) is 0 Å². The fourth-order valence-electron chi connectivity index (χ4n) is 3.87. The quantitative estimate of drug-likeness (QED) is 0.220. The van der Waals surface area contributed by atoms with E-state index in [0.717, 1.165) is 0 Å². The third-order valence-electron chi connectivity index (χ3n) is 5.26. The summed E-state index contributed by atoms with van der Waals surface area (Å²) in [7, 11) is 0.963. The predicted molar refractivity (Wildman–Crippen MR) is 99.6 cm³/mol. The summed E-state index contributed by atoms with van der Waals surface area (Å²) in [5.41, 5.74) is -4.28. The maximum atomic E-state index is 12.9. The standard InChI is InChI=1S/C16H18F3IO8S/c1-23-13-8-10(15(13,26-4)27-5)9-7(6-14(9,24-2)25-3)12(11(8)20)28-29(21,22)16(17,18)19/h13H,6H2,1-5H3. The fraction of sp³-hybridized carbons (Fsp3) is 0.625. The maximum absolute atomic E-state index is 12.9. The van der Waals surface area contributed by atoms with Crippen LogP contribution in [0.5, 0.6) is 5.75 Å². The second-order valence-corrected chi connectivity index (χ2v) is 8.91. The topological polar surface area (TPSA) is 89.5 Å². The van der Waals surface area contributed by atoms with Crippen molar-refractivity contribution in [2.75, 3.05) is 35.5 Å². The fourth-order valence-corrected chi connectivity index (χ4v) is 5.50. The van der Waals surface area contributed by atoms with E-state index in [0.29, 0.717) is 16.7 Å². The van der Waals surface area contributed by atoms with Crippen molar-refractivity contribution in [3.8, 4) is 5.75 Å². The summed E-state index contributed by atoms with van der Waals surface area (Å²) in [6.45, 7) is 0. The van der Waals surface area contributed by atoms with Gasteiger partial charge in [-0.3, -0.25) is 0 Å². The molecule has 0 saturated carbocycles. The van der Waals surface area contributed by atoms with E-state index in [1.54, 1.807) is 22.6 Å². The molecule has 0 radical (unpaired) electrons. The highest BCUT2D eigenvalue weighted by Gasteiger charge is 2.64. The van der Waals surface area contributed by atoms with Gasteiger partial charge in [0.25, 0.3) is 0 Å². The van der Waals surface area contributed by atoms with E-state index < -0.39 is 39.1 Å². The Hall–Kier alpha value is -0.710. The monoisotopic (exact) mass is 554 g/mol. The number of methoxy groups -OCH3 is 5. The Labute approximate surface area is 178 Å². The molecule has 164 valence electrons. The Morgan fingerprint density at radius 3 is 1.97 bits per heavy atom. The predicted octanol–water partition coefficient (Wildman–Crippen LogP) is 2.67. The molecule has 0 bridgehead atoms. The van der Waals surface area contributed by atoms with Crippen molar-refractivity contribution in [3.05, 3.63) is 25.8 Å². The highest BCUT2D eigenvalue weighted by Crippen LogP contribution is 2.64. The number of rotatable bonds is 7. The summed E-state index contributed by atoms with van der Waals surface area (Å²) in [5, 5.41) is 0. The first-order chi connectivity index (χ1) is 13.4. The molecule has 0 aromatic heterocycles. The van der Waals surface area contributed by atoms with Gasteiger partial charge in [0.1, 0.15) is 6.10 Å². The van der Waals surface area contributed by atoms with Gasteiger partial charge < -0.3 is 27.9 Å². The van der Waals surface area contributed by atoms with Crippen LogP contribution in [0.3, 0.4) is 0 Å². The average molecular weight is 554 g/mol. The molecule has 0 spiro atoms. The first kappa shape index (κ1) is 23.0. The van der Waals surface area contributed by atoms with Gasteiger partial charge in [0, 0.05) is 64.2 Å². The normalized spacial score (nSPS) is 21.6. The molecule has 2 aliphatic rings. The lowest BCUT2D eigenvalue weighted by atomic mass is 9.66. The van der Waals surface area contributed by atoms with Crippen LogP contribution in [0.4, 0.5) is 13.2 Å². The zero-order valence-electron chi connectivity index (χ0n) is 16.0. The van der Waals surface area contributed by atoms with Crippen LogP contribution in [0.25, 0.3) is 0 Å². The number of hydrogen-bond donors (Lipinski definition) is 0. The van der Waals surface area contributed by atoms with Crippen molar-refractivity contribution < 1.29 is 49.5 Å². The Morgan fingerprint density at radius 2 is 1.55 bits per heavy atom. The largest absolute Gasteiger partial charge is 0.534 e. The first-order valence-electron chi connectivity index (χ1n) is 8.04. The molecular formula is C16H18F3IO8S. The molecule has 0 N–H and O–H groups in total. The molecule has 8 nitrogen and oxygen atoms in total. The molecule has 1 aromatic rings. The van der Waals surface area contributed by atoms with E-state index in [9.17, 15) is 21.6 Å². The SMILES string of the molecule is COC1c2c(I)c(OS(=O)(=O)C(F)(F)F)c3c(c2C1(OC)OC)C(OC)(OC)C3. The summed E-state index contributed by atoms with van der Waals surface area (Å²) in [6, 6.07) is 0. The van der Waals surface area contributed by atoms with Crippen molar-refractivity contribution in [1.29, 1.82) is 0 Å². The highest BCUT2D eigenvalue weighted by molar-refractivity contribution is 14.1. The molecule has 0 aliphatic heterocycles. The summed E-state index contributed by atoms with van der Waals surface area (Å²) in [5.74, 6) is -3.15. The maximum Gasteiger partial charge on any atom is 0.534 e. The van der Waals surface area contributed by atoms with Gasteiger partial charge in [-0.1, -0.05) is 0 Å². The zero-order valence-corrected chi connectivity index (χ0v) is 18.9. The summed E-state index contributed by atoms with van der Waals surface area (Å²) >= 11 is 1.72. The van der Waals surface area contributed by atoms with Gasteiger partial charge in [0.2, 0.25) is 5.79 Å². The number of ether oxygens (including phenoxy) is 5. The van der Waals surface area contributed by atoms with Crippen LogP contribution in [0.1, 0.15) is 28.4 Å². The molecule has 1 aromatic carbocycles. The van der Waals surface area contributed by atoms with Crippen LogP contribution in [0, 0.1) is 3.57 Å². The van der Waals surface area contributed by atoms with Crippen molar-refractivity contribution in [2.24, 2.45) is 0 Å². The van der Waals surface area contributed by atoms with E-state index in [1.165, 1.54) is 35.5 Å². The van der Waals surface area contributed by atoms with E-state index in [2.05, 4.69) is 4.18 Å². The van der Waals surface area contributed by atoms with Crippen LogP contribution in [-0.2, 0) is 51.8 Å². The minimum atomic E-state index is -5.89. The molecule has 13 heteroatoms. The lowest BCUT2D eigenvalue weighted by molar-refractivity contribution is -0.305. The highest BCUT2D eigenvalue weighted by atomic mass is 127. The van der Waals surface area contributed by atoms with Crippen LogP contribution in [0.15, 0.2) is 0 Å². The molecule has 0 amide bonds. The molecule has 2 aliphatic carbocycles. The average Bonchev–Trinajstić information content (AvgIpc) is 2.62. The number of alkyl halides is 3. The van der Waals surface area contributed by atoms with Crippen molar-refractivity contribution in [2.45, 2.75) is 29.6 Å². The second-order valence-electron chi connectivity index (χ2n) is 6.30. The first-order valence-corrected chi connectivity index (χ1v) is 10.5. The van der Waals surface area contributed by atoms with E-state index >= 15 is 0 Å². The number of halogens is 4. The Morgan fingerprint density at radius 1 is 1.00 bits per heavy atom. The molecule has 3 rings (SSSR count). The molecule has 1 atom stereocenters. The molecule has 0 saturated heterocycles. The van der Waals surface area contributed by atoms with Crippen molar-refractivity contribution in [3.63, 3.8) is 0 Å². The molecule has 29 heavy (non-hydrogen) atoms. The lowest BCUT2D eigenvalue weighted by Crippen LogP contribution is -2.55. The number of hydrogen-bond acceptors (Lipinski definition) is 8. The Kier molecular flexibility index (Phi) is 5.68. The van der Waals surface area contributed by atoms with Gasteiger partial charge in [-0.05, 0) is 22.6 Å². The Bertz CT molecular complexity index is 939. The van der Waals surface area contributed by atoms with Gasteiger partial charge in [-0.2, -0.15) is 21.6 Å². The van der Waals surface area contributed by atoms with Gasteiger partial charge in [0.15, 0.2) is 11.5 Å². The molecular weight excluding hydrogens is 536 g/mol. The van der Waals surface area contributed by atoms with E-state index in [4.69, 9.17) is 23.7 Å². The summed E-state index contributed by atoms with van der Waals surface area (Å²) in [4.78, 5) is 0. The van der Waals surface area contributed by atoms with E-state index in [1.807, 2.05) is 0 Å². The van der Waals surface area contributed by atoms with Crippen LogP contribution < -0.4 is 4.18 Å². The van der Waals surface area contributed by atoms with Gasteiger partial charge in [0.05, 0.1) is 3.57 Å². The number of fused-ring (bicyclic) bond motifs is 3. The van der Waals surface area contributed by atoms with Crippen LogP contribution >= 0.6 is 22.6 Å². The second kappa shape index (κ2) is 7.17. The lowest BCUT2D eigenvalue weighted by Gasteiger charge is -2.54. The molecule has 1 unspecified atom stereocenters. The molecule has 0 heterocycles. The van der Waals surface area contributed by atoms with E-state index in [-0.39, 0.29) is 15.6 Å². The third kappa shape index (κ3) is 2.85.